The lowest BCUT2D eigenvalue weighted by Gasteiger charge is -2.32. The first-order chi connectivity index (χ1) is 12.2. The molecule has 0 radical (unpaired) electrons. The quantitative estimate of drug-likeness (QED) is 0.913. The summed E-state index contributed by atoms with van der Waals surface area (Å²) in [6.07, 6.45) is 7.69. The molecule has 0 bridgehead atoms. The van der Waals surface area contributed by atoms with Gasteiger partial charge < -0.3 is 10.2 Å². The molecule has 1 atom stereocenters. The SMILES string of the molecule is CNc1nc([C@H]2CCCN2C)nc2c1CCN(C(=O)C1CCCC1)C2. The number of anilines is 1. The molecule has 1 N–H and O–H groups in total. The number of hydrogen-bond donors (Lipinski definition) is 1. The van der Waals surface area contributed by atoms with Gasteiger partial charge in [-0.25, -0.2) is 9.97 Å². The number of likely N-dealkylation sites (tertiary alicyclic amines) is 1. The van der Waals surface area contributed by atoms with E-state index in [1.165, 1.54) is 24.8 Å². The van der Waals surface area contributed by atoms with Crippen molar-refractivity contribution < 1.29 is 4.79 Å². The van der Waals surface area contributed by atoms with Crippen LogP contribution >= 0.6 is 0 Å². The van der Waals surface area contributed by atoms with Crippen LogP contribution in [-0.2, 0) is 17.8 Å². The minimum absolute atomic E-state index is 0.243. The summed E-state index contributed by atoms with van der Waals surface area (Å²) in [5.74, 6) is 2.45. The number of amides is 1. The summed E-state index contributed by atoms with van der Waals surface area (Å²) in [5, 5.41) is 3.26. The highest BCUT2D eigenvalue weighted by atomic mass is 16.2. The van der Waals surface area contributed by atoms with Crippen molar-refractivity contribution in [2.75, 3.05) is 32.5 Å². The zero-order valence-electron chi connectivity index (χ0n) is 15.4. The molecule has 1 saturated heterocycles. The van der Waals surface area contributed by atoms with Gasteiger partial charge in [0.25, 0.3) is 0 Å². The van der Waals surface area contributed by atoms with Gasteiger partial charge in [0.2, 0.25) is 5.91 Å². The Morgan fingerprint density at radius 3 is 2.60 bits per heavy atom. The zero-order valence-corrected chi connectivity index (χ0v) is 15.4. The largest absolute Gasteiger partial charge is 0.373 e. The smallest absolute Gasteiger partial charge is 0.226 e. The van der Waals surface area contributed by atoms with Gasteiger partial charge in [-0.2, -0.15) is 0 Å². The van der Waals surface area contributed by atoms with Crippen LogP contribution < -0.4 is 5.32 Å². The summed E-state index contributed by atoms with van der Waals surface area (Å²) in [6.45, 7) is 2.54. The maximum Gasteiger partial charge on any atom is 0.226 e. The van der Waals surface area contributed by atoms with Crippen molar-refractivity contribution in [3.63, 3.8) is 0 Å². The fourth-order valence-corrected chi connectivity index (χ4v) is 4.66. The molecule has 3 heterocycles. The predicted molar refractivity (Wildman–Crippen MR) is 97.3 cm³/mol. The van der Waals surface area contributed by atoms with E-state index in [0.717, 1.165) is 56.1 Å². The van der Waals surface area contributed by atoms with Gasteiger partial charge in [-0.15, -0.1) is 0 Å². The summed E-state index contributed by atoms with van der Waals surface area (Å²) in [4.78, 5) is 26.9. The van der Waals surface area contributed by atoms with Gasteiger partial charge in [-0.1, -0.05) is 12.8 Å². The first-order valence-electron chi connectivity index (χ1n) is 9.74. The van der Waals surface area contributed by atoms with E-state index in [2.05, 4.69) is 17.3 Å². The fourth-order valence-electron chi connectivity index (χ4n) is 4.66. The predicted octanol–water partition coefficient (Wildman–Crippen LogP) is 2.36. The Kier molecular flexibility index (Phi) is 4.63. The third-order valence-electron chi connectivity index (χ3n) is 6.15. The van der Waals surface area contributed by atoms with Crippen LogP contribution in [0.15, 0.2) is 0 Å². The number of aromatic nitrogens is 2. The molecule has 6 heteroatoms. The highest BCUT2D eigenvalue weighted by Gasteiger charge is 2.32. The molecule has 1 aromatic heterocycles. The van der Waals surface area contributed by atoms with Crippen molar-refractivity contribution >= 4 is 11.7 Å². The Hall–Kier alpha value is -1.69. The molecule has 1 amide bonds. The molecule has 2 fully saturated rings. The first kappa shape index (κ1) is 16.8. The minimum Gasteiger partial charge on any atom is -0.373 e. The van der Waals surface area contributed by atoms with Crippen molar-refractivity contribution in [1.82, 2.24) is 19.8 Å². The Bertz CT molecular complexity index is 655. The lowest BCUT2D eigenvalue weighted by Crippen LogP contribution is -2.40. The van der Waals surface area contributed by atoms with Crippen LogP contribution in [0.5, 0.6) is 0 Å². The van der Waals surface area contributed by atoms with Crippen molar-refractivity contribution in [3.8, 4) is 0 Å². The minimum atomic E-state index is 0.243. The van der Waals surface area contributed by atoms with Crippen LogP contribution in [0, 0.1) is 5.92 Å². The Balaban J connectivity index is 1.60. The third-order valence-corrected chi connectivity index (χ3v) is 6.15. The van der Waals surface area contributed by atoms with Crippen LogP contribution in [0.3, 0.4) is 0 Å². The molecular formula is C19H29N5O. The van der Waals surface area contributed by atoms with Crippen molar-refractivity contribution in [2.45, 2.75) is 57.5 Å². The van der Waals surface area contributed by atoms with Crippen molar-refractivity contribution in [1.29, 1.82) is 0 Å². The number of nitrogens with one attached hydrogen (secondary N) is 1. The highest BCUT2D eigenvalue weighted by Crippen LogP contribution is 2.33. The molecule has 4 rings (SSSR count). The molecular weight excluding hydrogens is 314 g/mol. The van der Waals surface area contributed by atoms with Crippen LogP contribution in [-0.4, -0.2) is 52.9 Å². The normalized spacial score (nSPS) is 24.6. The van der Waals surface area contributed by atoms with Gasteiger partial charge in [-0.05, 0) is 45.7 Å². The monoisotopic (exact) mass is 343 g/mol. The van der Waals surface area contributed by atoms with Crippen molar-refractivity contribution in [2.24, 2.45) is 5.92 Å². The fraction of sp³-hybridized carbons (Fsp3) is 0.737. The second-order valence-electron chi connectivity index (χ2n) is 7.74. The van der Waals surface area contributed by atoms with Gasteiger partial charge in [-0.3, -0.25) is 9.69 Å². The lowest BCUT2D eigenvalue weighted by atomic mass is 10.0. The van der Waals surface area contributed by atoms with Crippen molar-refractivity contribution in [3.05, 3.63) is 17.1 Å². The van der Waals surface area contributed by atoms with Gasteiger partial charge in [0.05, 0.1) is 18.3 Å². The topological polar surface area (TPSA) is 61.4 Å². The average molecular weight is 343 g/mol. The van der Waals surface area contributed by atoms with E-state index >= 15 is 0 Å². The Morgan fingerprint density at radius 2 is 1.92 bits per heavy atom. The van der Waals surface area contributed by atoms with E-state index in [1.54, 1.807) is 0 Å². The number of carbonyl (C=O) groups is 1. The number of rotatable bonds is 3. The molecule has 2 aliphatic heterocycles. The summed E-state index contributed by atoms with van der Waals surface area (Å²) >= 11 is 0. The number of fused-ring (bicyclic) bond motifs is 1. The summed E-state index contributed by atoms with van der Waals surface area (Å²) in [6, 6.07) is 0.304. The molecule has 6 nitrogen and oxygen atoms in total. The van der Waals surface area contributed by atoms with Crippen LogP contribution in [0.2, 0.25) is 0 Å². The van der Waals surface area contributed by atoms with Gasteiger partial charge in [0, 0.05) is 25.1 Å². The number of carbonyl (C=O) groups excluding carboxylic acids is 1. The van der Waals surface area contributed by atoms with E-state index in [4.69, 9.17) is 9.97 Å². The maximum atomic E-state index is 12.8. The molecule has 1 aromatic rings. The summed E-state index contributed by atoms with van der Waals surface area (Å²) in [5.41, 5.74) is 2.25. The van der Waals surface area contributed by atoms with Gasteiger partial charge in [0.1, 0.15) is 11.6 Å². The maximum absolute atomic E-state index is 12.8. The Morgan fingerprint density at radius 1 is 1.12 bits per heavy atom. The van der Waals surface area contributed by atoms with Crippen LogP contribution in [0.4, 0.5) is 5.82 Å². The average Bonchev–Trinajstić information content (AvgIpc) is 3.31. The number of nitrogens with zero attached hydrogens (tertiary/aromatic N) is 4. The summed E-state index contributed by atoms with van der Waals surface area (Å²) < 4.78 is 0. The lowest BCUT2D eigenvalue weighted by molar-refractivity contribution is -0.136. The molecule has 136 valence electrons. The van der Waals surface area contributed by atoms with E-state index in [-0.39, 0.29) is 5.92 Å². The second kappa shape index (κ2) is 6.90. The molecule has 3 aliphatic rings. The molecule has 1 aliphatic carbocycles. The van der Waals surface area contributed by atoms with E-state index in [0.29, 0.717) is 18.5 Å². The van der Waals surface area contributed by atoms with E-state index < -0.39 is 0 Å². The molecule has 25 heavy (non-hydrogen) atoms. The molecule has 1 saturated carbocycles. The first-order valence-corrected chi connectivity index (χ1v) is 9.74. The third kappa shape index (κ3) is 3.12. The highest BCUT2D eigenvalue weighted by molar-refractivity contribution is 5.79. The zero-order chi connectivity index (χ0) is 17.4. The van der Waals surface area contributed by atoms with Gasteiger partial charge >= 0.3 is 0 Å². The van der Waals surface area contributed by atoms with E-state index in [1.807, 2.05) is 11.9 Å². The van der Waals surface area contributed by atoms with Crippen LogP contribution in [0.25, 0.3) is 0 Å². The van der Waals surface area contributed by atoms with Gasteiger partial charge in [0.15, 0.2) is 0 Å². The van der Waals surface area contributed by atoms with E-state index in [9.17, 15) is 4.79 Å². The second-order valence-corrected chi connectivity index (χ2v) is 7.74. The molecule has 0 spiro atoms. The standard InChI is InChI=1S/C19H29N5O/c1-20-17-14-9-11-24(19(25)13-6-3-4-7-13)12-15(14)21-18(22-17)16-8-5-10-23(16)2/h13,16H,3-12H2,1-2H3,(H,20,21,22)/t16-/m1/s1. The Labute approximate surface area is 150 Å². The molecule has 0 unspecified atom stereocenters. The molecule has 0 aromatic carbocycles. The number of hydrogen-bond acceptors (Lipinski definition) is 5. The summed E-state index contributed by atoms with van der Waals surface area (Å²) in [7, 11) is 4.08. The van der Waals surface area contributed by atoms with Crippen LogP contribution in [0.1, 0.15) is 61.6 Å².